The third-order valence-electron chi connectivity index (χ3n) is 5.30. The lowest BCUT2D eigenvalue weighted by Gasteiger charge is -2.06. The summed E-state index contributed by atoms with van der Waals surface area (Å²) in [6, 6.07) is 0. The second-order valence-electron chi connectivity index (χ2n) is 8.22. The molecule has 0 radical (unpaired) electrons. The molecule has 0 amide bonds. The average Bonchev–Trinajstić information content (AvgIpc) is 2.72. The second-order valence-corrected chi connectivity index (χ2v) is 10.3. The standard InChI is InChI=1S/C27H48Br2/c1-2-3-4-5-6-7-12-15-18-21-24-27(29)25-22-19-16-13-10-8-9-11-14-17-20-23-26-28/h9,11,17-18,20-21,27H,2-8,10,12-16,19,22-26H2,1H3/b11-9?,20-17?,21-18-. The van der Waals surface area contributed by atoms with Crippen molar-refractivity contribution in [1.82, 2.24) is 0 Å². The van der Waals surface area contributed by atoms with Gasteiger partial charge in [0.05, 0.1) is 0 Å². The largest absolute Gasteiger partial charge is 0.0925 e. The number of hydrogen-bond acceptors (Lipinski definition) is 0. The van der Waals surface area contributed by atoms with Gasteiger partial charge in [0.2, 0.25) is 0 Å². The first-order valence-corrected chi connectivity index (χ1v) is 14.5. The molecule has 170 valence electrons. The summed E-state index contributed by atoms with van der Waals surface area (Å²) < 4.78 is 0. The Morgan fingerprint density at radius 1 is 0.586 bits per heavy atom. The Kier molecular flexibility index (Phi) is 26.4. The maximum absolute atomic E-state index is 3.86. The Hall–Kier alpha value is 0.180. The minimum Gasteiger partial charge on any atom is -0.0925 e. The predicted molar refractivity (Wildman–Crippen MR) is 143 cm³/mol. The van der Waals surface area contributed by atoms with Gasteiger partial charge in [-0.1, -0.05) is 139 Å². The smallest absolute Gasteiger partial charge is 0.0180 e. The van der Waals surface area contributed by atoms with Gasteiger partial charge in [-0.05, 0) is 51.4 Å². The third-order valence-corrected chi connectivity index (χ3v) is 6.59. The molecule has 0 aromatic heterocycles. The first-order valence-electron chi connectivity index (χ1n) is 12.5. The summed E-state index contributed by atoms with van der Waals surface area (Å²) in [7, 11) is 0. The van der Waals surface area contributed by atoms with Crippen LogP contribution in [0.5, 0.6) is 0 Å². The highest BCUT2D eigenvalue weighted by Gasteiger charge is 2.01. The monoisotopic (exact) mass is 530 g/mol. The zero-order valence-electron chi connectivity index (χ0n) is 19.2. The predicted octanol–water partition coefficient (Wildman–Crippen LogP) is 10.9. The van der Waals surface area contributed by atoms with Crippen molar-refractivity contribution < 1.29 is 0 Å². The van der Waals surface area contributed by atoms with Crippen molar-refractivity contribution in [2.24, 2.45) is 0 Å². The molecule has 0 saturated carbocycles. The Morgan fingerprint density at radius 3 is 1.72 bits per heavy atom. The van der Waals surface area contributed by atoms with Crippen LogP contribution in [0.4, 0.5) is 0 Å². The van der Waals surface area contributed by atoms with E-state index in [2.05, 4.69) is 75.2 Å². The van der Waals surface area contributed by atoms with Gasteiger partial charge in [0.25, 0.3) is 0 Å². The molecule has 0 aliphatic rings. The lowest BCUT2D eigenvalue weighted by atomic mass is 10.1. The highest BCUT2D eigenvalue weighted by molar-refractivity contribution is 9.09. The van der Waals surface area contributed by atoms with Gasteiger partial charge >= 0.3 is 0 Å². The fourth-order valence-corrected chi connectivity index (χ4v) is 4.23. The minimum atomic E-state index is 0.674. The van der Waals surface area contributed by atoms with Crippen molar-refractivity contribution in [1.29, 1.82) is 0 Å². The van der Waals surface area contributed by atoms with E-state index in [4.69, 9.17) is 0 Å². The van der Waals surface area contributed by atoms with Crippen LogP contribution in [0, 0.1) is 0 Å². The van der Waals surface area contributed by atoms with E-state index in [0.717, 1.165) is 18.2 Å². The molecule has 0 aliphatic heterocycles. The van der Waals surface area contributed by atoms with Gasteiger partial charge in [0, 0.05) is 10.2 Å². The fraction of sp³-hybridized carbons (Fsp3) is 0.778. The van der Waals surface area contributed by atoms with Crippen LogP contribution < -0.4 is 0 Å². The summed E-state index contributed by atoms with van der Waals surface area (Å²) in [5, 5.41) is 1.07. The average molecular weight is 532 g/mol. The molecule has 0 bridgehead atoms. The molecule has 0 aromatic carbocycles. The van der Waals surface area contributed by atoms with Crippen LogP contribution in [0.1, 0.15) is 122 Å². The van der Waals surface area contributed by atoms with Crippen molar-refractivity contribution >= 4 is 31.9 Å². The van der Waals surface area contributed by atoms with E-state index >= 15 is 0 Å². The molecule has 0 spiro atoms. The molecule has 0 fully saturated rings. The van der Waals surface area contributed by atoms with Gasteiger partial charge in [-0.3, -0.25) is 0 Å². The van der Waals surface area contributed by atoms with E-state index in [-0.39, 0.29) is 0 Å². The Balaban J connectivity index is 3.31. The Bertz CT molecular complexity index is 384. The van der Waals surface area contributed by atoms with Crippen LogP contribution >= 0.6 is 31.9 Å². The highest BCUT2D eigenvalue weighted by atomic mass is 79.9. The van der Waals surface area contributed by atoms with Gasteiger partial charge in [-0.15, -0.1) is 0 Å². The number of hydrogen-bond donors (Lipinski definition) is 0. The molecule has 0 aliphatic carbocycles. The molecule has 0 nitrogen and oxygen atoms in total. The molecular weight excluding hydrogens is 484 g/mol. The summed E-state index contributed by atoms with van der Waals surface area (Å²) in [5.74, 6) is 0. The van der Waals surface area contributed by atoms with Crippen molar-refractivity contribution in [3.8, 4) is 0 Å². The van der Waals surface area contributed by atoms with Crippen molar-refractivity contribution in [2.75, 3.05) is 5.33 Å². The van der Waals surface area contributed by atoms with E-state index < -0.39 is 0 Å². The van der Waals surface area contributed by atoms with Crippen LogP contribution in [0.3, 0.4) is 0 Å². The molecule has 0 saturated heterocycles. The second kappa shape index (κ2) is 26.2. The molecular formula is C27H48Br2. The Morgan fingerprint density at radius 2 is 1.10 bits per heavy atom. The fourth-order valence-electron chi connectivity index (χ4n) is 3.43. The quantitative estimate of drug-likeness (QED) is 0.0739. The van der Waals surface area contributed by atoms with Crippen molar-refractivity contribution in [2.45, 2.75) is 127 Å². The highest BCUT2D eigenvalue weighted by Crippen LogP contribution is 2.17. The third kappa shape index (κ3) is 26.1. The molecule has 0 N–H and O–H groups in total. The summed E-state index contributed by atoms with van der Waals surface area (Å²) in [5.41, 5.74) is 0. The molecule has 0 heterocycles. The van der Waals surface area contributed by atoms with Crippen molar-refractivity contribution in [3.05, 3.63) is 36.5 Å². The van der Waals surface area contributed by atoms with E-state index in [9.17, 15) is 0 Å². The summed E-state index contributed by atoms with van der Waals surface area (Å²) in [4.78, 5) is 0.674. The van der Waals surface area contributed by atoms with E-state index in [0.29, 0.717) is 4.83 Å². The Labute approximate surface area is 200 Å². The van der Waals surface area contributed by atoms with Gasteiger partial charge in [-0.2, -0.15) is 0 Å². The zero-order chi connectivity index (χ0) is 21.3. The molecule has 0 rings (SSSR count). The summed E-state index contributed by atoms with van der Waals surface area (Å²) in [6.07, 6.45) is 38.0. The summed E-state index contributed by atoms with van der Waals surface area (Å²) >= 11 is 7.30. The number of alkyl halides is 2. The first kappa shape index (κ1) is 29.2. The van der Waals surface area contributed by atoms with Gasteiger partial charge in [0.1, 0.15) is 0 Å². The normalized spacial score (nSPS) is 13.3. The van der Waals surface area contributed by atoms with Crippen molar-refractivity contribution in [3.63, 3.8) is 0 Å². The van der Waals surface area contributed by atoms with Crippen LogP contribution in [-0.4, -0.2) is 10.2 Å². The maximum atomic E-state index is 3.86. The molecule has 29 heavy (non-hydrogen) atoms. The zero-order valence-corrected chi connectivity index (χ0v) is 22.4. The van der Waals surface area contributed by atoms with Gasteiger partial charge in [0.15, 0.2) is 0 Å². The molecule has 2 heteroatoms. The van der Waals surface area contributed by atoms with Gasteiger partial charge < -0.3 is 0 Å². The number of allylic oxidation sites excluding steroid dienone is 6. The molecule has 1 unspecified atom stereocenters. The number of halogens is 2. The van der Waals surface area contributed by atoms with E-state index in [1.165, 1.54) is 103 Å². The lowest BCUT2D eigenvalue weighted by molar-refractivity contribution is 0.588. The number of rotatable bonds is 22. The van der Waals surface area contributed by atoms with Crippen LogP contribution in [0.25, 0.3) is 0 Å². The minimum absolute atomic E-state index is 0.674. The lowest BCUT2D eigenvalue weighted by Crippen LogP contribution is -1.95. The van der Waals surface area contributed by atoms with Gasteiger partial charge in [-0.25, -0.2) is 0 Å². The van der Waals surface area contributed by atoms with E-state index in [1.807, 2.05) is 0 Å². The maximum Gasteiger partial charge on any atom is 0.0180 e. The molecule has 0 aromatic rings. The first-order chi connectivity index (χ1) is 14.3. The summed E-state index contributed by atoms with van der Waals surface area (Å²) in [6.45, 7) is 2.29. The van der Waals surface area contributed by atoms with Crippen LogP contribution in [-0.2, 0) is 0 Å². The molecule has 1 atom stereocenters. The topological polar surface area (TPSA) is 0 Å². The SMILES string of the molecule is CCCCCCCCC/C=C\CC(Br)CCCCCCCC=CCC=CCCBr. The number of unbranched alkanes of at least 4 members (excludes halogenated alkanes) is 12. The van der Waals surface area contributed by atoms with Crippen LogP contribution in [0.15, 0.2) is 36.5 Å². The van der Waals surface area contributed by atoms with E-state index in [1.54, 1.807) is 0 Å². The van der Waals surface area contributed by atoms with Crippen LogP contribution in [0.2, 0.25) is 0 Å².